The standard InChI is InChI=1S/C30H30F3N9O2/c31-30(32,33)24-11-10-20(17-38-24)39-28(42-12-14-43-15-13-42)22(16-34)27(35)44-29(36)41-25-18-37-23-9-5-4-8-21(23)26(40-25)19-6-2-1-3-7-19/h1-11,16-17,25,35,37H,12-15,18,34H2,(H2,36,41). The summed E-state index contributed by atoms with van der Waals surface area (Å²) in [4.78, 5) is 19.0. The monoisotopic (exact) mass is 605 g/mol. The molecule has 2 aliphatic rings. The first-order valence-electron chi connectivity index (χ1n) is 13.7. The van der Waals surface area contributed by atoms with Crippen LogP contribution in [0.3, 0.4) is 0 Å². The van der Waals surface area contributed by atoms with Crippen molar-refractivity contribution in [3.05, 3.63) is 102 Å². The Balaban J connectivity index is 1.40. The Kier molecular flexibility index (Phi) is 9.19. The van der Waals surface area contributed by atoms with Gasteiger partial charge in [0.25, 0.3) is 6.02 Å². The minimum atomic E-state index is -4.59. The fourth-order valence-corrected chi connectivity index (χ4v) is 4.61. The average Bonchev–Trinajstić information content (AvgIpc) is 3.21. The molecule has 0 saturated carbocycles. The Morgan fingerprint density at radius 3 is 2.48 bits per heavy atom. The van der Waals surface area contributed by atoms with Gasteiger partial charge in [-0.05, 0) is 18.2 Å². The molecule has 0 aliphatic carbocycles. The number of nitrogens with two attached hydrogens (primary N) is 2. The molecule has 44 heavy (non-hydrogen) atoms. The highest BCUT2D eigenvalue weighted by Gasteiger charge is 2.32. The number of aromatic nitrogens is 1. The zero-order valence-corrected chi connectivity index (χ0v) is 23.5. The van der Waals surface area contributed by atoms with Gasteiger partial charge in [-0.3, -0.25) is 10.4 Å². The highest BCUT2D eigenvalue weighted by atomic mass is 19.4. The molecule has 2 aromatic carbocycles. The molecule has 0 bridgehead atoms. The lowest BCUT2D eigenvalue weighted by Crippen LogP contribution is -2.43. The molecule has 1 unspecified atom stereocenters. The van der Waals surface area contributed by atoms with Crippen molar-refractivity contribution >= 4 is 34.8 Å². The molecule has 0 radical (unpaired) electrons. The second-order valence-electron chi connectivity index (χ2n) is 9.66. The van der Waals surface area contributed by atoms with Crippen molar-refractivity contribution in [2.75, 3.05) is 38.2 Å². The van der Waals surface area contributed by atoms with E-state index in [9.17, 15) is 13.2 Å². The zero-order chi connectivity index (χ0) is 31.1. The van der Waals surface area contributed by atoms with Gasteiger partial charge in [0.1, 0.15) is 11.5 Å². The molecule has 1 saturated heterocycles. The second-order valence-corrected chi connectivity index (χ2v) is 9.66. The van der Waals surface area contributed by atoms with Crippen LogP contribution in [0.2, 0.25) is 0 Å². The van der Waals surface area contributed by atoms with Gasteiger partial charge in [0.2, 0.25) is 5.90 Å². The third-order valence-corrected chi connectivity index (χ3v) is 6.70. The summed E-state index contributed by atoms with van der Waals surface area (Å²) in [5, 5.41) is 12.0. The number of para-hydroxylation sites is 1. The smallest absolute Gasteiger partial charge is 0.407 e. The molecule has 3 heterocycles. The molecular weight excluding hydrogens is 575 g/mol. The van der Waals surface area contributed by atoms with Gasteiger partial charge in [-0.2, -0.15) is 13.2 Å². The molecule has 14 heteroatoms. The number of anilines is 1. The van der Waals surface area contributed by atoms with Gasteiger partial charge in [0, 0.05) is 36.1 Å². The molecule has 228 valence electrons. The second kappa shape index (κ2) is 13.4. The summed E-state index contributed by atoms with van der Waals surface area (Å²) in [6, 6.07) is 19.1. The molecule has 1 fully saturated rings. The molecule has 5 rings (SSSR count). The number of nitrogens with zero attached hydrogens (tertiary/aromatic N) is 5. The molecule has 6 N–H and O–H groups in total. The van der Waals surface area contributed by atoms with E-state index in [-0.39, 0.29) is 23.1 Å². The van der Waals surface area contributed by atoms with Crippen LogP contribution in [0, 0.1) is 5.41 Å². The largest absolute Gasteiger partial charge is 0.433 e. The maximum absolute atomic E-state index is 13.0. The first kappa shape index (κ1) is 30.2. The van der Waals surface area contributed by atoms with E-state index in [1.807, 2.05) is 54.6 Å². The Bertz CT molecular complexity index is 1600. The molecule has 0 amide bonds. The number of nitrogens with one attached hydrogen (secondary N) is 2. The first-order valence-corrected chi connectivity index (χ1v) is 13.7. The summed E-state index contributed by atoms with van der Waals surface area (Å²) >= 11 is 0. The number of amidine groups is 2. The zero-order valence-electron chi connectivity index (χ0n) is 23.5. The van der Waals surface area contributed by atoms with Crippen LogP contribution < -0.4 is 16.8 Å². The Hall–Kier alpha value is -5.24. The minimum Gasteiger partial charge on any atom is -0.407 e. The van der Waals surface area contributed by atoms with Crippen molar-refractivity contribution in [1.29, 1.82) is 5.41 Å². The van der Waals surface area contributed by atoms with Crippen LogP contribution in [0.5, 0.6) is 0 Å². The first-order chi connectivity index (χ1) is 21.2. The normalized spacial score (nSPS) is 18.1. The van der Waals surface area contributed by atoms with Gasteiger partial charge in [0.15, 0.2) is 6.17 Å². The Labute approximate surface area is 251 Å². The molecular formula is C30H30F3N9O2. The van der Waals surface area contributed by atoms with E-state index in [0.29, 0.717) is 32.8 Å². The van der Waals surface area contributed by atoms with Gasteiger partial charge >= 0.3 is 6.18 Å². The van der Waals surface area contributed by atoms with Crippen molar-refractivity contribution in [2.24, 2.45) is 26.4 Å². The number of benzene rings is 2. The maximum Gasteiger partial charge on any atom is 0.433 e. The van der Waals surface area contributed by atoms with Crippen molar-refractivity contribution in [1.82, 2.24) is 9.88 Å². The van der Waals surface area contributed by atoms with E-state index in [1.54, 1.807) is 4.90 Å². The van der Waals surface area contributed by atoms with Gasteiger partial charge in [-0.25, -0.2) is 15.0 Å². The molecule has 2 aliphatic heterocycles. The lowest BCUT2D eigenvalue weighted by molar-refractivity contribution is -0.141. The SMILES string of the molecule is N=C(OC(N)=NC1CNc2ccccc2C(c2ccccc2)=N1)C(=CN)C(=Nc1ccc(C(F)(F)F)nc1)N1CCOCC1. The number of benzodiazepines with no additional fused rings is 1. The Morgan fingerprint density at radius 2 is 1.80 bits per heavy atom. The molecule has 0 spiro atoms. The highest BCUT2D eigenvalue weighted by molar-refractivity contribution is 6.22. The quantitative estimate of drug-likeness (QED) is 0.254. The number of hydrogen-bond acceptors (Lipinski definition) is 9. The van der Waals surface area contributed by atoms with Crippen LogP contribution in [0.25, 0.3) is 0 Å². The average molecular weight is 606 g/mol. The van der Waals surface area contributed by atoms with Gasteiger partial charge < -0.3 is 31.2 Å². The summed E-state index contributed by atoms with van der Waals surface area (Å²) in [6.45, 7) is 1.85. The number of alkyl halides is 3. The van der Waals surface area contributed by atoms with Crippen LogP contribution >= 0.6 is 0 Å². The third kappa shape index (κ3) is 7.21. The molecule has 11 nitrogen and oxygen atoms in total. The number of halogens is 3. The number of morpholine rings is 1. The van der Waals surface area contributed by atoms with Crippen molar-refractivity contribution in [3.63, 3.8) is 0 Å². The van der Waals surface area contributed by atoms with Crippen molar-refractivity contribution in [3.8, 4) is 0 Å². The van der Waals surface area contributed by atoms with Gasteiger partial charge in [0.05, 0.1) is 42.9 Å². The topological polar surface area (TPSA) is 160 Å². The highest BCUT2D eigenvalue weighted by Crippen LogP contribution is 2.29. The van der Waals surface area contributed by atoms with E-state index < -0.39 is 23.9 Å². The summed E-state index contributed by atoms with van der Waals surface area (Å²) in [6.07, 6.45) is -3.17. The van der Waals surface area contributed by atoms with Crippen molar-refractivity contribution < 1.29 is 22.6 Å². The van der Waals surface area contributed by atoms with E-state index in [1.165, 1.54) is 6.07 Å². The number of fused-ring (bicyclic) bond motifs is 1. The number of rotatable bonds is 5. The predicted molar refractivity (Wildman–Crippen MR) is 162 cm³/mol. The van der Waals surface area contributed by atoms with Crippen molar-refractivity contribution in [2.45, 2.75) is 12.3 Å². The Morgan fingerprint density at radius 1 is 1.07 bits per heavy atom. The number of aliphatic imine (C=N–C) groups is 3. The lowest BCUT2D eigenvalue weighted by atomic mass is 10.0. The fraction of sp³-hybridized carbons (Fsp3) is 0.233. The maximum atomic E-state index is 13.0. The van der Waals surface area contributed by atoms with E-state index in [0.717, 1.165) is 41.0 Å². The van der Waals surface area contributed by atoms with Crippen LogP contribution in [0.15, 0.2) is 99.7 Å². The van der Waals surface area contributed by atoms with E-state index >= 15 is 0 Å². The fourth-order valence-electron chi connectivity index (χ4n) is 4.61. The van der Waals surface area contributed by atoms with Crippen LogP contribution in [0.4, 0.5) is 24.5 Å². The van der Waals surface area contributed by atoms with Gasteiger partial charge in [-0.15, -0.1) is 0 Å². The summed E-state index contributed by atoms with van der Waals surface area (Å²) in [5.74, 6) is -0.276. The van der Waals surface area contributed by atoms with Crippen LogP contribution in [-0.4, -0.2) is 72.4 Å². The molecule has 3 aromatic rings. The molecule has 1 atom stereocenters. The van der Waals surface area contributed by atoms with Crippen LogP contribution in [0.1, 0.15) is 16.8 Å². The minimum absolute atomic E-state index is 0.0461. The number of pyridine rings is 1. The number of hydrogen-bond donors (Lipinski definition) is 4. The predicted octanol–water partition coefficient (Wildman–Crippen LogP) is 3.90. The summed E-state index contributed by atoms with van der Waals surface area (Å²) in [7, 11) is 0. The number of ether oxygens (including phenoxy) is 2. The van der Waals surface area contributed by atoms with Gasteiger partial charge in [-0.1, -0.05) is 48.5 Å². The summed E-state index contributed by atoms with van der Waals surface area (Å²) in [5.41, 5.74) is 14.6. The van der Waals surface area contributed by atoms with E-state index in [4.69, 9.17) is 31.3 Å². The molecule has 1 aromatic heterocycles. The lowest BCUT2D eigenvalue weighted by Gasteiger charge is -2.30. The third-order valence-electron chi connectivity index (χ3n) is 6.70. The van der Waals surface area contributed by atoms with E-state index in [2.05, 4.69) is 20.3 Å². The summed E-state index contributed by atoms with van der Waals surface area (Å²) < 4.78 is 50.1. The van der Waals surface area contributed by atoms with Crippen LogP contribution in [-0.2, 0) is 15.7 Å².